The van der Waals surface area contributed by atoms with Crippen molar-refractivity contribution < 1.29 is 0 Å². The van der Waals surface area contributed by atoms with E-state index in [0.717, 1.165) is 6.42 Å². The molecule has 0 bridgehead atoms. The Morgan fingerprint density at radius 3 is 2.27 bits per heavy atom. The van der Waals surface area contributed by atoms with Gasteiger partial charge in [0.1, 0.15) is 0 Å². The monoisotopic (exact) mass is 153 g/mol. The molecule has 0 aliphatic carbocycles. The second-order valence-corrected chi connectivity index (χ2v) is 3.48. The molecule has 0 atom stereocenters. The van der Waals surface area contributed by atoms with Gasteiger partial charge < -0.3 is 0 Å². The Morgan fingerprint density at radius 2 is 1.82 bits per heavy atom. The summed E-state index contributed by atoms with van der Waals surface area (Å²) in [5.74, 6) is 0.662. The van der Waals surface area contributed by atoms with E-state index in [1.54, 1.807) is 0 Å². The Bertz CT molecular complexity index is 101. The molecule has 1 radical (unpaired) electrons. The summed E-state index contributed by atoms with van der Waals surface area (Å²) in [6.07, 6.45) is 6.17. The summed E-state index contributed by atoms with van der Waals surface area (Å²) in [7, 11) is 0. The molecular weight excluding hydrogens is 132 g/mol. The first kappa shape index (κ1) is 10.7. The minimum atomic E-state index is 0.662. The number of hydrogen-bond donors (Lipinski definition) is 0. The van der Waals surface area contributed by atoms with Gasteiger partial charge in [-0.2, -0.15) is 0 Å². The molecule has 11 heavy (non-hydrogen) atoms. The van der Waals surface area contributed by atoms with E-state index in [1.165, 1.54) is 31.3 Å². The van der Waals surface area contributed by atoms with Crippen LogP contribution in [0.1, 0.15) is 46.0 Å². The van der Waals surface area contributed by atoms with Crippen molar-refractivity contribution in [3.8, 4) is 0 Å². The molecule has 0 heteroatoms. The third-order valence-corrected chi connectivity index (χ3v) is 2.06. The summed E-state index contributed by atoms with van der Waals surface area (Å²) in [6.45, 7) is 12.3. The van der Waals surface area contributed by atoms with Crippen LogP contribution in [0.3, 0.4) is 0 Å². The van der Waals surface area contributed by atoms with Gasteiger partial charge in [0.25, 0.3) is 0 Å². The van der Waals surface area contributed by atoms with E-state index in [9.17, 15) is 0 Å². The van der Waals surface area contributed by atoms with E-state index in [0.29, 0.717) is 5.92 Å². The lowest BCUT2D eigenvalue weighted by Crippen LogP contribution is -1.91. The molecule has 0 saturated carbocycles. The maximum Gasteiger partial charge on any atom is -0.0263 e. The molecule has 0 fully saturated rings. The zero-order valence-corrected chi connectivity index (χ0v) is 8.03. The van der Waals surface area contributed by atoms with Crippen molar-refractivity contribution in [2.24, 2.45) is 5.92 Å². The van der Waals surface area contributed by atoms with Crippen LogP contribution in [0.25, 0.3) is 0 Å². The first-order chi connectivity index (χ1) is 5.18. The Balaban J connectivity index is 3.18. The molecule has 0 saturated heterocycles. The summed E-state index contributed by atoms with van der Waals surface area (Å²) in [5.41, 5.74) is 1.40. The van der Waals surface area contributed by atoms with Crippen LogP contribution >= 0.6 is 0 Å². The minimum Gasteiger partial charge on any atom is -0.0996 e. The average molecular weight is 153 g/mol. The van der Waals surface area contributed by atoms with Crippen molar-refractivity contribution >= 4 is 0 Å². The van der Waals surface area contributed by atoms with E-state index in [2.05, 4.69) is 27.4 Å². The minimum absolute atomic E-state index is 0.662. The van der Waals surface area contributed by atoms with Gasteiger partial charge in [-0.05, 0) is 18.8 Å². The van der Waals surface area contributed by atoms with Crippen LogP contribution in [0, 0.1) is 12.8 Å². The van der Waals surface area contributed by atoms with Crippen molar-refractivity contribution in [1.82, 2.24) is 0 Å². The first-order valence-corrected chi connectivity index (χ1v) is 4.65. The zero-order chi connectivity index (χ0) is 8.69. The number of rotatable bonds is 6. The lowest BCUT2D eigenvalue weighted by Gasteiger charge is -2.07. The quantitative estimate of drug-likeness (QED) is 0.400. The molecule has 0 N–H and O–H groups in total. The smallest absolute Gasteiger partial charge is 0.0263 e. The fraction of sp³-hybridized carbons (Fsp3) is 0.727. The fourth-order valence-electron chi connectivity index (χ4n) is 0.994. The van der Waals surface area contributed by atoms with Crippen LogP contribution in [-0.2, 0) is 0 Å². The summed E-state index contributed by atoms with van der Waals surface area (Å²) in [4.78, 5) is 0. The molecule has 0 nitrogen and oxygen atoms in total. The number of hydrogen-bond acceptors (Lipinski definition) is 0. The maximum absolute atomic E-state index is 4.04. The second-order valence-electron chi connectivity index (χ2n) is 3.48. The highest BCUT2D eigenvalue weighted by Crippen LogP contribution is 2.15. The van der Waals surface area contributed by atoms with E-state index in [4.69, 9.17) is 0 Å². The lowest BCUT2D eigenvalue weighted by atomic mass is 9.99. The van der Waals surface area contributed by atoms with Gasteiger partial charge in [-0.15, -0.1) is 0 Å². The highest BCUT2D eigenvalue weighted by atomic mass is 14.0. The summed E-state index contributed by atoms with van der Waals surface area (Å²) in [6, 6.07) is 0. The van der Waals surface area contributed by atoms with Crippen LogP contribution in [0.4, 0.5) is 0 Å². The van der Waals surface area contributed by atoms with Gasteiger partial charge >= 0.3 is 0 Å². The van der Waals surface area contributed by atoms with E-state index >= 15 is 0 Å². The maximum atomic E-state index is 4.04. The third-order valence-electron chi connectivity index (χ3n) is 2.06. The molecule has 0 heterocycles. The Morgan fingerprint density at radius 1 is 1.18 bits per heavy atom. The Labute approximate surface area is 71.7 Å². The summed E-state index contributed by atoms with van der Waals surface area (Å²) < 4.78 is 0. The van der Waals surface area contributed by atoms with Gasteiger partial charge in [0.15, 0.2) is 0 Å². The standard InChI is InChI=1S/C11H21/c1-5-6-7-8-9-11(4)10(2)3/h10H,1,4-9H2,2-3H3. The lowest BCUT2D eigenvalue weighted by molar-refractivity contribution is 0.636. The van der Waals surface area contributed by atoms with Gasteiger partial charge in [0, 0.05) is 0 Å². The van der Waals surface area contributed by atoms with Crippen LogP contribution in [0.2, 0.25) is 0 Å². The van der Waals surface area contributed by atoms with Crippen molar-refractivity contribution in [2.45, 2.75) is 46.0 Å². The Hall–Kier alpha value is -0.260. The normalized spacial score (nSPS) is 10.5. The van der Waals surface area contributed by atoms with E-state index in [1.807, 2.05) is 0 Å². The first-order valence-electron chi connectivity index (χ1n) is 4.65. The topological polar surface area (TPSA) is 0 Å². The molecular formula is C11H21. The highest BCUT2D eigenvalue weighted by Gasteiger charge is 1.98. The van der Waals surface area contributed by atoms with Gasteiger partial charge in [-0.3, -0.25) is 0 Å². The van der Waals surface area contributed by atoms with Gasteiger partial charge in [-0.1, -0.05) is 52.2 Å². The molecule has 0 aromatic carbocycles. The Kier molecular flexibility index (Phi) is 6.30. The summed E-state index contributed by atoms with van der Waals surface area (Å²) >= 11 is 0. The SMILES string of the molecule is [CH2]CCCCCC(=C)C(C)C. The van der Waals surface area contributed by atoms with Crippen LogP contribution in [0.15, 0.2) is 12.2 Å². The van der Waals surface area contributed by atoms with Crippen molar-refractivity contribution in [3.63, 3.8) is 0 Å². The molecule has 65 valence electrons. The van der Waals surface area contributed by atoms with Gasteiger partial charge in [0.05, 0.1) is 0 Å². The number of allylic oxidation sites excluding steroid dienone is 1. The van der Waals surface area contributed by atoms with Crippen LogP contribution < -0.4 is 0 Å². The van der Waals surface area contributed by atoms with Gasteiger partial charge in [0.2, 0.25) is 0 Å². The zero-order valence-electron chi connectivity index (χ0n) is 8.03. The molecule has 0 unspecified atom stereocenters. The van der Waals surface area contributed by atoms with Crippen LogP contribution in [-0.4, -0.2) is 0 Å². The highest BCUT2D eigenvalue weighted by molar-refractivity contribution is 4.96. The van der Waals surface area contributed by atoms with Crippen LogP contribution in [0.5, 0.6) is 0 Å². The molecule has 0 rings (SSSR count). The summed E-state index contributed by atoms with van der Waals surface area (Å²) in [5, 5.41) is 0. The average Bonchev–Trinajstić information content (AvgIpc) is 1.97. The molecule has 0 amide bonds. The van der Waals surface area contributed by atoms with Crippen molar-refractivity contribution in [1.29, 1.82) is 0 Å². The largest absolute Gasteiger partial charge is 0.0996 e. The third kappa shape index (κ3) is 6.15. The van der Waals surface area contributed by atoms with Gasteiger partial charge in [-0.25, -0.2) is 0 Å². The van der Waals surface area contributed by atoms with E-state index < -0.39 is 0 Å². The molecule has 0 aromatic rings. The fourth-order valence-corrected chi connectivity index (χ4v) is 0.994. The predicted octanol–water partition coefficient (Wildman–Crippen LogP) is 3.98. The van der Waals surface area contributed by atoms with Crippen molar-refractivity contribution in [3.05, 3.63) is 19.1 Å². The van der Waals surface area contributed by atoms with Crippen molar-refractivity contribution in [2.75, 3.05) is 0 Å². The predicted molar refractivity (Wildman–Crippen MR) is 52.4 cm³/mol. The molecule has 0 aliphatic rings. The second kappa shape index (κ2) is 6.45. The molecule has 0 aliphatic heterocycles. The van der Waals surface area contributed by atoms with E-state index in [-0.39, 0.29) is 0 Å². The molecule has 0 spiro atoms. The molecule has 0 aromatic heterocycles. The number of unbranched alkanes of at least 4 members (excludes halogenated alkanes) is 3.